The quantitative estimate of drug-likeness (QED) is 0.909. The van der Waals surface area contributed by atoms with E-state index in [1.807, 2.05) is 32.0 Å². The van der Waals surface area contributed by atoms with Gasteiger partial charge in [-0.15, -0.1) is 0 Å². The highest BCUT2D eigenvalue weighted by Gasteiger charge is 2.15. The van der Waals surface area contributed by atoms with Crippen LogP contribution in [0.5, 0.6) is 5.75 Å². The molecule has 0 aliphatic heterocycles. The van der Waals surface area contributed by atoms with Crippen LogP contribution in [0, 0.1) is 25.5 Å². The zero-order valence-corrected chi connectivity index (χ0v) is 13.3. The second-order valence-corrected chi connectivity index (χ2v) is 5.46. The lowest BCUT2D eigenvalue weighted by atomic mass is 10.1. The summed E-state index contributed by atoms with van der Waals surface area (Å²) in [5, 5.41) is 2.64. The molecule has 2 rings (SSSR count). The van der Waals surface area contributed by atoms with Gasteiger partial charge in [0.15, 0.2) is 6.61 Å². The van der Waals surface area contributed by atoms with E-state index in [1.54, 1.807) is 6.92 Å². The predicted octanol–water partition coefficient (Wildman–Crippen LogP) is 3.84. The molecule has 0 radical (unpaired) electrons. The lowest BCUT2D eigenvalue weighted by molar-refractivity contribution is -0.123. The van der Waals surface area contributed by atoms with Gasteiger partial charge in [0.05, 0.1) is 6.04 Å². The highest BCUT2D eigenvalue weighted by Crippen LogP contribution is 2.22. The Labute approximate surface area is 134 Å². The fourth-order valence-electron chi connectivity index (χ4n) is 2.38. The SMILES string of the molecule is Cc1cccc(C)c1OCC(=O)N[C@H](C)c1ccc(F)cc1F. The normalized spacial score (nSPS) is 11.9. The van der Waals surface area contributed by atoms with E-state index in [0.717, 1.165) is 23.3 Å². The number of hydrogen-bond donors (Lipinski definition) is 1. The Bertz CT molecular complexity index is 696. The summed E-state index contributed by atoms with van der Waals surface area (Å²) in [5.74, 6) is -1.04. The van der Waals surface area contributed by atoms with Gasteiger partial charge in [-0.2, -0.15) is 0 Å². The topological polar surface area (TPSA) is 38.3 Å². The highest BCUT2D eigenvalue weighted by atomic mass is 19.1. The van der Waals surface area contributed by atoms with Crippen molar-refractivity contribution in [1.82, 2.24) is 5.32 Å². The van der Waals surface area contributed by atoms with E-state index in [2.05, 4.69) is 5.32 Å². The predicted molar refractivity (Wildman–Crippen MR) is 84.3 cm³/mol. The Kier molecular flexibility index (Phi) is 5.32. The molecule has 5 heteroatoms. The van der Waals surface area contributed by atoms with Crippen LogP contribution in [-0.4, -0.2) is 12.5 Å². The van der Waals surface area contributed by atoms with Gasteiger partial charge in [0, 0.05) is 11.6 Å². The molecule has 1 amide bonds. The zero-order valence-electron chi connectivity index (χ0n) is 13.3. The number of halogens is 2. The van der Waals surface area contributed by atoms with E-state index in [4.69, 9.17) is 4.74 Å². The number of hydrogen-bond acceptors (Lipinski definition) is 2. The van der Waals surface area contributed by atoms with E-state index < -0.39 is 17.7 Å². The number of ether oxygens (including phenoxy) is 1. The smallest absolute Gasteiger partial charge is 0.258 e. The van der Waals surface area contributed by atoms with Gasteiger partial charge in [0.2, 0.25) is 0 Å². The van der Waals surface area contributed by atoms with Crippen molar-refractivity contribution in [1.29, 1.82) is 0 Å². The summed E-state index contributed by atoms with van der Waals surface area (Å²) < 4.78 is 32.1. The Morgan fingerprint density at radius 1 is 1.17 bits per heavy atom. The maximum absolute atomic E-state index is 13.7. The van der Waals surface area contributed by atoms with Crippen molar-refractivity contribution >= 4 is 5.91 Å². The molecule has 122 valence electrons. The van der Waals surface area contributed by atoms with Crippen LogP contribution in [0.1, 0.15) is 29.7 Å². The minimum absolute atomic E-state index is 0.168. The van der Waals surface area contributed by atoms with Gasteiger partial charge in [0.1, 0.15) is 17.4 Å². The minimum atomic E-state index is -0.687. The number of carbonyl (C=O) groups excluding carboxylic acids is 1. The molecule has 2 aromatic rings. The van der Waals surface area contributed by atoms with Crippen molar-refractivity contribution in [2.45, 2.75) is 26.8 Å². The van der Waals surface area contributed by atoms with Crippen molar-refractivity contribution in [2.24, 2.45) is 0 Å². The first-order valence-electron chi connectivity index (χ1n) is 7.32. The van der Waals surface area contributed by atoms with Crippen molar-refractivity contribution in [3.8, 4) is 5.75 Å². The average molecular weight is 319 g/mol. The van der Waals surface area contributed by atoms with Crippen LogP contribution in [0.3, 0.4) is 0 Å². The van der Waals surface area contributed by atoms with Gasteiger partial charge in [-0.1, -0.05) is 24.3 Å². The first-order chi connectivity index (χ1) is 10.9. The lowest BCUT2D eigenvalue weighted by Crippen LogP contribution is -2.31. The summed E-state index contributed by atoms with van der Waals surface area (Å²) in [6, 6.07) is 8.41. The van der Waals surface area contributed by atoms with Crippen LogP contribution < -0.4 is 10.1 Å². The number of nitrogens with one attached hydrogen (secondary N) is 1. The third-order valence-electron chi connectivity index (χ3n) is 3.56. The molecule has 1 N–H and O–H groups in total. The Balaban J connectivity index is 1.97. The van der Waals surface area contributed by atoms with E-state index in [0.29, 0.717) is 5.75 Å². The molecule has 0 aliphatic rings. The average Bonchev–Trinajstić information content (AvgIpc) is 2.46. The molecule has 2 aromatic carbocycles. The van der Waals surface area contributed by atoms with E-state index >= 15 is 0 Å². The van der Waals surface area contributed by atoms with Crippen LogP contribution in [0.25, 0.3) is 0 Å². The summed E-state index contributed by atoms with van der Waals surface area (Å²) in [4.78, 5) is 12.0. The van der Waals surface area contributed by atoms with Crippen LogP contribution in [0.15, 0.2) is 36.4 Å². The second-order valence-electron chi connectivity index (χ2n) is 5.46. The summed E-state index contributed by atoms with van der Waals surface area (Å²) in [5.41, 5.74) is 2.11. The molecule has 1 atom stereocenters. The maximum atomic E-state index is 13.7. The minimum Gasteiger partial charge on any atom is -0.483 e. The zero-order chi connectivity index (χ0) is 17.0. The van der Waals surface area contributed by atoms with Crippen molar-refractivity contribution in [3.05, 3.63) is 64.7 Å². The number of benzene rings is 2. The maximum Gasteiger partial charge on any atom is 0.258 e. The van der Waals surface area contributed by atoms with E-state index in [1.165, 1.54) is 6.07 Å². The molecule has 3 nitrogen and oxygen atoms in total. The number of para-hydroxylation sites is 1. The molecule has 23 heavy (non-hydrogen) atoms. The van der Waals surface area contributed by atoms with Crippen LogP contribution in [0.4, 0.5) is 8.78 Å². The molecule has 0 bridgehead atoms. The molecule has 0 unspecified atom stereocenters. The van der Waals surface area contributed by atoms with Gasteiger partial charge >= 0.3 is 0 Å². The van der Waals surface area contributed by atoms with Crippen molar-refractivity contribution in [2.75, 3.05) is 6.61 Å². The van der Waals surface area contributed by atoms with Gasteiger partial charge < -0.3 is 10.1 Å². The summed E-state index contributed by atoms with van der Waals surface area (Å²) in [6.45, 7) is 5.26. The number of carbonyl (C=O) groups is 1. The van der Waals surface area contributed by atoms with Gasteiger partial charge in [0.25, 0.3) is 5.91 Å². The molecule has 0 spiro atoms. The molecule has 0 saturated carbocycles. The molecule has 0 fully saturated rings. The molecule has 0 heterocycles. The Hall–Kier alpha value is -2.43. The molecular weight excluding hydrogens is 300 g/mol. The van der Waals surface area contributed by atoms with E-state index in [9.17, 15) is 13.6 Å². The summed E-state index contributed by atoms with van der Waals surface area (Å²) in [6.07, 6.45) is 0. The first kappa shape index (κ1) is 16.9. The van der Waals surface area contributed by atoms with Crippen LogP contribution in [-0.2, 0) is 4.79 Å². The standard InChI is InChI=1S/C18H19F2NO2/c1-11-5-4-6-12(2)18(11)23-10-17(22)21-13(3)15-8-7-14(19)9-16(15)20/h4-9,13H,10H2,1-3H3,(H,21,22)/t13-/m1/s1. The van der Waals surface area contributed by atoms with E-state index in [-0.39, 0.29) is 18.1 Å². The number of amides is 1. The Morgan fingerprint density at radius 2 is 1.83 bits per heavy atom. The highest BCUT2D eigenvalue weighted by molar-refractivity contribution is 5.78. The first-order valence-corrected chi connectivity index (χ1v) is 7.32. The van der Waals surface area contributed by atoms with Crippen LogP contribution in [0.2, 0.25) is 0 Å². The van der Waals surface area contributed by atoms with Gasteiger partial charge in [-0.05, 0) is 38.0 Å². The third-order valence-corrected chi connectivity index (χ3v) is 3.56. The third kappa shape index (κ3) is 4.28. The fourth-order valence-corrected chi connectivity index (χ4v) is 2.38. The fraction of sp³-hybridized carbons (Fsp3) is 0.278. The van der Waals surface area contributed by atoms with Gasteiger partial charge in [-0.3, -0.25) is 4.79 Å². The second kappa shape index (κ2) is 7.22. The summed E-state index contributed by atoms with van der Waals surface area (Å²) in [7, 11) is 0. The largest absolute Gasteiger partial charge is 0.483 e. The number of rotatable bonds is 5. The Morgan fingerprint density at radius 3 is 2.43 bits per heavy atom. The molecular formula is C18H19F2NO2. The molecule has 0 saturated heterocycles. The van der Waals surface area contributed by atoms with Crippen molar-refractivity contribution in [3.63, 3.8) is 0 Å². The number of aryl methyl sites for hydroxylation is 2. The monoisotopic (exact) mass is 319 g/mol. The van der Waals surface area contributed by atoms with Crippen molar-refractivity contribution < 1.29 is 18.3 Å². The summed E-state index contributed by atoms with van der Waals surface area (Å²) >= 11 is 0. The van der Waals surface area contributed by atoms with Gasteiger partial charge in [-0.25, -0.2) is 8.78 Å². The molecule has 0 aromatic heterocycles. The van der Waals surface area contributed by atoms with Crippen LogP contribution >= 0.6 is 0 Å². The molecule has 0 aliphatic carbocycles. The lowest BCUT2D eigenvalue weighted by Gasteiger charge is -2.16.